The average molecular weight is 434 g/mol. The maximum absolute atomic E-state index is 11.7. The van der Waals surface area contributed by atoms with Crippen molar-refractivity contribution in [2.75, 3.05) is 27.3 Å². The SMILES string of the molecule is COc1cc2c(cc1OC)CN(CCCCC1C=Cc3cc(C(C)=O)ccc3CC1)CC2. The second kappa shape index (κ2) is 10.4. The van der Waals surface area contributed by atoms with Crippen LogP contribution in [0.5, 0.6) is 11.5 Å². The highest BCUT2D eigenvalue weighted by atomic mass is 16.5. The number of fused-ring (bicyclic) bond motifs is 2. The molecule has 0 aromatic heterocycles. The van der Waals surface area contributed by atoms with Crippen molar-refractivity contribution in [3.05, 3.63) is 64.2 Å². The normalized spacial score (nSPS) is 17.9. The summed E-state index contributed by atoms with van der Waals surface area (Å²) in [5.74, 6) is 2.42. The van der Waals surface area contributed by atoms with E-state index >= 15 is 0 Å². The van der Waals surface area contributed by atoms with Gasteiger partial charge in [-0.2, -0.15) is 0 Å². The van der Waals surface area contributed by atoms with Crippen molar-refractivity contribution in [1.82, 2.24) is 4.90 Å². The minimum absolute atomic E-state index is 0.139. The van der Waals surface area contributed by atoms with Crippen molar-refractivity contribution in [2.45, 2.75) is 52.0 Å². The predicted octanol–water partition coefficient (Wildman–Crippen LogP) is 5.71. The molecule has 1 unspecified atom stereocenters. The number of hydrogen-bond acceptors (Lipinski definition) is 4. The van der Waals surface area contributed by atoms with Crippen LogP contribution < -0.4 is 9.47 Å². The molecule has 1 aliphatic carbocycles. The molecule has 0 fully saturated rings. The van der Waals surface area contributed by atoms with E-state index in [0.717, 1.165) is 49.5 Å². The van der Waals surface area contributed by atoms with E-state index in [0.29, 0.717) is 5.92 Å². The van der Waals surface area contributed by atoms with Gasteiger partial charge in [-0.15, -0.1) is 0 Å². The van der Waals surface area contributed by atoms with Gasteiger partial charge in [0.15, 0.2) is 17.3 Å². The van der Waals surface area contributed by atoms with Gasteiger partial charge in [0.05, 0.1) is 14.2 Å². The Balaban J connectivity index is 1.25. The molecule has 4 rings (SSSR count). The van der Waals surface area contributed by atoms with Crippen molar-refractivity contribution >= 4 is 11.9 Å². The number of ether oxygens (including phenoxy) is 2. The quantitative estimate of drug-likeness (QED) is 0.395. The monoisotopic (exact) mass is 433 g/mol. The number of hydrogen-bond donors (Lipinski definition) is 0. The molecule has 0 spiro atoms. The van der Waals surface area contributed by atoms with Crippen LogP contribution in [-0.2, 0) is 19.4 Å². The Hall–Kier alpha value is -2.59. The van der Waals surface area contributed by atoms with Gasteiger partial charge in [0.25, 0.3) is 0 Å². The number of unbranched alkanes of at least 4 members (excludes halogenated alkanes) is 1. The number of carbonyl (C=O) groups excluding carboxylic acids is 1. The first-order valence-electron chi connectivity index (χ1n) is 11.9. The topological polar surface area (TPSA) is 38.8 Å². The molecule has 1 aliphatic heterocycles. The molecule has 0 saturated heterocycles. The maximum Gasteiger partial charge on any atom is 0.161 e. The Labute approximate surface area is 192 Å². The molecule has 1 heterocycles. The van der Waals surface area contributed by atoms with E-state index in [4.69, 9.17) is 9.47 Å². The van der Waals surface area contributed by atoms with Crippen LogP contribution in [0.3, 0.4) is 0 Å². The molecule has 0 radical (unpaired) electrons. The average Bonchev–Trinajstić information content (AvgIpc) is 3.02. The fourth-order valence-electron chi connectivity index (χ4n) is 4.99. The molecule has 32 heavy (non-hydrogen) atoms. The highest BCUT2D eigenvalue weighted by Crippen LogP contribution is 2.33. The highest BCUT2D eigenvalue weighted by Gasteiger charge is 2.19. The van der Waals surface area contributed by atoms with Gasteiger partial charge in [-0.05, 0) is 91.9 Å². The van der Waals surface area contributed by atoms with Gasteiger partial charge in [-0.1, -0.05) is 30.7 Å². The summed E-state index contributed by atoms with van der Waals surface area (Å²) in [6.45, 7) is 4.89. The van der Waals surface area contributed by atoms with Gasteiger partial charge in [-0.3, -0.25) is 9.69 Å². The zero-order valence-electron chi connectivity index (χ0n) is 19.7. The largest absolute Gasteiger partial charge is 0.493 e. The van der Waals surface area contributed by atoms with Crippen LogP contribution in [0.4, 0.5) is 0 Å². The highest BCUT2D eigenvalue weighted by molar-refractivity contribution is 5.94. The van der Waals surface area contributed by atoms with Crippen LogP contribution in [0.2, 0.25) is 0 Å². The maximum atomic E-state index is 11.7. The van der Waals surface area contributed by atoms with Crippen LogP contribution in [0, 0.1) is 5.92 Å². The second-order valence-electron chi connectivity index (χ2n) is 9.13. The molecule has 0 bridgehead atoms. The molecular formula is C28H35NO3. The predicted molar refractivity (Wildman–Crippen MR) is 130 cm³/mol. The van der Waals surface area contributed by atoms with Crippen LogP contribution >= 0.6 is 0 Å². The van der Waals surface area contributed by atoms with Gasteiger partial charge in [0.1, 0.15) is 0 Å². The van der Waals surface area contributed by atoms with Crippen LogP contribution in [-0.4, -0.2) is 38.0 Å². The van der Waals surface area contributed by atoms with Gasteiger partial charge >= 0.3 is 0 Å². The summed E-state index contributed by atoms with van der Waals surface area (Å²) in [4.78, 5) is 14.2. The number of allylic oxidation sites excluding steroid dienone is 1. The smallest absolute Gasteiger partial charge is 0.161 e. The standard InChI is InChI=1S/C28H35NO3/c1-20(30)23-12-11-22-9-7-21(8-10-24(22)16-23)6-4-5-14-29-15-13-25-17-27(31-2)28(32-3)18-26(25)19-29/h8,10-12,16-18,21H,4-7,9,13-15,19H2,1-3H3. The Morgan fingerprint density at radius 2 is 1.78 bits per heavy atom. The number of aryl methyl sites for hydroxylation is 1. The summed E-state index contributed by atoms with van der Waals surface area (Å²) in [7, 11) is 3.40. The van der Waals surface area contributed by atoms with Gasteiger partial charge < -0.3 is 9.47 Å². The first-order valence-corrected chi connectivity index (χ1v) is 11.9. The first-order chi connectivity index (χ1) is 15.6. The molecule has 0 N–H and O–H groups in total. The zero-order chi connectivity index (χ0) is 22.5. The third-order valence-corrected chi connectivity index (χ3v) is 6.98. The van der Waals surface area contributed by atoms with Gasteiger partial charge in [-0.25, -0.2) is 0 Å². The van der Waals surface area contributed by atoms with E-state index in [1.165, 1.54) is 47.9 Å². The summed E-state index contributed by atoms with van der Waals surface area (Å²) in [6, 6.07) is 10.4. The molecular weight excluding hydrogens is 398 g/mol. The number of Topliss-reactive ketones (excluding diaryl/α,β-unsaturated/α-hetero) is 1. The molecule has 4 heteroatoms. The molecule has 0 saturated carbocycles. The van der Waals surface area contributed by atoms with E-state index in [2.05, 4.69) is 41.3 Å². The Kier molecular flexibility index (Phi) is 7.31. The van der Waals surface area contributed by atoms with E-state index in [9.17, 15) is 4.79 Å². The Morgan fingerprint density at radius 3 is 2.53 bits per heavy atom. The lowest BCUT2D eigenvalue weighted by Gasteiger charge is -2.29. The zero-order valence-corrected chi connectivity index (χ0v) is 19.7. The fourth-order valence-corrected chi connectivity index (χ4v) is 4.99. The van der Waals surface area contributed by atoms with Crippen molar-refractivity contribution in [3.8, 4) is 11.5 Å². The lowest BCUT2D eigenvalue weighted by Crippen LogP contribution is -2.31. The Morgan fingerprint density at radius 1 is 1.00 bits per heavy atom. The third kappa shape index (κ3) is 5.24. The lowest BCUT2D eigenvalue weighted by atomic mass is 9.95. The molecule has 0 amide bonds. The molecule has 2 aromatic carbocycles. The van der Waals surface area contributed by atoms with Crippen molar-refractivity contribution in [2.24, 2.45) is 5.92 Å². The summed E-state index contributed by atoms with van der Waals surface area (Å²) in [6.07, 6.45) is 11.7. The van der Waals surface area contributed by atoms with E-state index in [1.807, 2.05) is 6.07 Å². The van der Waals surface area contributed by atoms with Gasteiger partial charge in [0.2, 0.25) is 0 Å². The number of methoxy groups -OCH3 is 2. The van der Waals surface area contributed by atoms with Crippen molar-refractivity contribution in [3.63, 3.8) is 0 Å². The lowest BCUT2D eigenvalue weighted by molar-refractivity contribution is 0.101. The number of benzene rings is 2. The molecule has 4 nitrogen and oxygen atoms in total. The summed E-state index contributed by atoms with van der Waals surface area (Å²) >= 11 is 0. The molecule has 1 atom stereocenters. The number of nitrogens with zero attached hydrogens (tertiary/aromatic N) is 1. The number of rotatable bonds is 8. The van der Waals surface area contributed by atoms with E-state index in [-0.39, 0.29) is 5.78 Å². The molecule has 2 aromatic rings. The van der Waals surface area contributed by atoms with Crippen LogP contribution in [0.25, 0.3) is 6.08 Å². The van der Waals surface area contributed by atoms with E-state index in [1.54, 1.807) is 21.1 Å². The fraction of sp³-hybridized carbons (Fsp3) is 0.464. The van der Waals surface area contributed by atoms with Gasteiger partial charge in [0, 0.05) is 18.7 Å². The summed E-state index contributed by atoms with van der Waals surface area (Å²) < 4.78 is 10.9. The summed E-state index contributed by atoms with van der Waals surface area (Å²) in [5, 5.41) is 0. The molecule has 2 aliphatic rings. The first kappa shape index (κ1) is 22.6. The minimum atomic E-state index is 0.139. The molecule has 170 valence electrons. The van der Waals surface area contributed by atoms with Crippen LogP contribution in [0.15, 0.2) is 36.4 Å². The minimum Gasteiger partial charge on any atom is -0.493 e. The van der Waals surface area contributed by atoms with Crippen molar-refractivity contribution in [1.29, 1.82) is 0 Å². The number of carbonyl (C=O) groups is 1. The van der Waals surface area contributed by atoms with Crippen LogP contribution in [0.1, 0.15) is 65.2 Å². The van der Waals surface area contributed by atoms with E-state index < -0.39 is 0 Å². The Bertz CT molecular complexity index is 994. The number of ketones is 1. The summed E-state index contributed by atoms with van der Waals surface area (Å²) in [5.41, 5.74) is 6.15. The second-order valence-corrected chi connectivity index (χ2v) is 9.13. The van der Waals surface area contributed by atoms with Crippen molar-refractivity contribution < 1.29 is 14.3 Å². The third-order valence-electron chi connectivity index (χ3n) is 6.98.